The number of hydrazone groups is 1. The summed E-state index contributed by atoms with van der Waals surface area (Å²) in [6.45, 7) is 1.36. The Morgan fingerprint density at radius 1 is 1.06 bits per heavy atom. The summed E-state index contributed by atoms with van der Waals surface area (Å²) in [5.74, 6) is -0.956. The fourth-order valence-corrected chi connectivity index (χ4v) is 5.50. The third-order valence-corrected chi connectivity index (χ3v) is 8.02. The largest absolute Gasteiger partial charge is 0.422 e. The van der Waals surface area contributed by atoms with Crippen molar-refractivity contribution in [3.8, 4) is 5.75 Å². The molecule has 184 valence electrons. The van der Waals surface area contributed by atoms with Crippen LogP contribution in [0.4, 0.5) is 0 Å². The minimum Gasteiger partial charge on any atom is -0.422 e. The fraction of sp³-hybridized carbons (Fsp3) is 0.0800. The minimum atomic E-state index is -3.82. The van der Waals surface area contributed by atoms with Crippen LogP contribution in [0.15, 0.2) is 82.8 Å². The zero-order valence-electron chi connectivity index (χ0n) is 18.9. The summed E-state index contributed by atoms with van der Waals surface area (Å²) < 4.78 is 33.1. The molecule has 11 heteroatoms. The molecule has 0 aliphatic carbocycles. The summed E-state index contributed by atoms with van der Waals surface area (Å²) in [4.78, 5) is 25.0. The molecule has 0 aliphatic rings. The predicted molar refractivity (Wildman–Crippen MR) is 140 cm³/mol. The number of hydrogen-bond acceptors (Lipinski definition) is 7. The number of hydrogen-bond donors (Lipinski definition) is 2. The summed E-state index contributed by atoms with van der Waals surface area (Å²) in [6.07, 6.45) is 1.34. The van der Waals surface area contributed by atoms with E-state index in [4.69, 9.17) is 16.3 Å². The van der Waals surface area contributed by atoms with E-state index in [1.165, 1.54) is 29.7 Å². The Morgan fingerprint density at radius 2 is 1.81 bits per heavy atom. The summed E-state index contributed by atoms with van der Waals surface area (Å²) in [5.41, 5.74) is 3.72. The molecule has 0 bridgehead atoms. The number of thiophene rings is 1. The number of nitrogens with one attached hydrogen (secondary N) is 2. The molecule has 4 rings (SSSR count). The second kappa shape index (κ2) is 11.0. The minimum absolute atomic E-state index is 0.0627. The first-order valence-corrected chi connectivity index (χ1v) is 13.3. The van der Waals surface area contributed by atoms with Gasteiger partial charge in [0.2, 0.25) is 10.0 Å². The molecule has 0 spiro atoms. The normalized spacial score (nSPS) is 11.6. The van der Waals surface area contributed by atoms with Crippen LogP contribution in [0.25, 0.3) is 10.1 Å². The first kappa shape index (κ1) is 25.5. The quantitative estimate of drug-likeness (QED) is 0.147. The van der Waals surface area contributed by atoms with Crippen LogP contribution in [0, 0.1) is 6.92 Å². The van der Waals surface area contributed by atoms with Crippen LogP contribution in [-0.4, -0.2) is 33.1 Å². The highest BCUT2D eigenvalue weighted by atomic mass is 35.5. The molecule has 0 fully saturated rings. The van der Waals surface area contributed by atoms with Gasteiger partial charge in [0.05, 0.1) is 22.7 Å². The lowest BCUT2D eigenvalue weighted by molar-refractivity contribution is -0.119. The highest BCUT2D eigenvalue weighted by Crippen LogP contribution is 2.35. The number of sulfonamides is 1. The van der Waals surface area contributed by atoms with Gasteiger partial charge in [0, 0.05) is 10.1 Å². The third-order valence-electron chi connectivity index (χ3n) is 4.95. The monoisotopic (exact) mass is 541 g/mol. The van der Waals surface area contributed by atoms with E-state index in [0.717, 1.165) is 15.6 Å². The van der Waals surface area contributed by atoms with Crippen molar-refractivity contribution in [2.45, 2.75) is 11.8 Å². The van der Waals surface area contributed by atoms with Crippen molar-refractivity contribution >= 4 is 61.1 Å². The van der Waals surface area contributed by atoms with Crippen LogP contribution in [0.5, 0.6) is 5.75 Å². The van der Waals surface area contributed by atoms with Gasteiger partial charge >= 0.3 is 5.97 Å². The van der Waals surface area contributed by atoms with E-state index in [9.17, 15) is 18.0 Å². The number of fused-ring (bicyclic) bond motifs is 1. The van der Waals surface area contributed by atoms with Gasteiger partial charge in [0.15, 0.2) is 0 Å². The standard InChI is InChI=1S/C25H20ClN3O5S2/c1-16-9-11-19(12-10-16)36(32,33)28-15-22(30)29-27-14-17-5-4-6-18(13-17)34-25(31)24-23(26)20-7-2-3-8-21(20)35-24/h2-14,28H,15H2,1H3,(H,29,30)/b27-14+. The van der Waals surface area contributed by atoms with Crippen LogP contribution in [0.3, 0.4) is 0 Å². The van der Waals surface area contributed by atoms with E-state index < -0.39 is 28.4 Å². The number of nitrogens with zero attached hydrogens (tertiary/aromatic N) is 1. The zero-order chi connectivity index (χ0) is 25.7. The summed E-state index contributed by atoms with van der Waals surface area (Å²) >= 11 is 7.60. The SMILES string of the molecule is Cc1ccc(S(=O)(=O)NCC(=O)N/N=C/c2cccc(OC(=O)c3sc4ccccc4c3Cl)c2)cc1. The first-order chi connectivity index (χ1) is 17.2. The molecule has 0 saturated carbocycles. The second-order valence-electron chi connectivity index (χ2n) is 7.63. The molecule has 0 aliphatic heterocycles. The zero-order valence-corrected chi connectivity index (χ0v) is 21.3. The second-order valence-corrected chi connectivity index (χ2v) is 10.8. The first-order valence-electron chi connectivity index (χ1n) is 10.6. The third kappa shape index (κ3) is 6.16. The van der Waals surface area contributed by atoms with Crippen LogP contribution >= 0.6 is 22.9 Å². The van der Waals surface area contributed by atoms with Gasteiger partial charge in [0.1, 0.15) is 10.6 Å². The number of halogens is 1. The molecule has 1 aromatic heterocycles. The average molecular weight is 542 g/mol. The molecule has 8 nitrogen and oxygen atoms in total. The van der Waals surface area contributed by atoms with Crippen molar-refractivity contribution in [1.82, 2.24) is 10.1 Å². The fourth-order valence-electron chi connectivity index (χ4n) is 3.14. The molecular weight excluding hydrogens is 522 g/mol. The van der Waals surface area contributed by atoms with E-state index in [1.54, 1.807) is 36.4 Å². The Morgan fingerprint density at radius 3 is 2.56 bits per heavy atom. The van der Waals surface area contributed by atoms with Crippen LogP contribution in [0.2, 0.25) is 5.02 Å². The smallest absolute Gasteiger partial charge is 0.355 e. The Kier molecular flexibility index (Phi) is 7.80. The van der Waals surface area contributed by atoms with Gasteiger partial charge in [-0.25, -0.2) is 23.4 Å². The molecule has 0 radical (unpaired) electrons. The maximum atomic E-state index is 12.6. The Hall–Kier alpha value is -3.57. The molecule has 0 saturated heterocycles. The number of rotatable bonds is 8. The Balaban J connectivity index is 1.33. The number of aryl methyl sites for hydroxylation is 1. The number of esters is 1. The van der Waals surface area contributed by atoms with Gasteiger partial charge in [-0.05, 0) is 42.8 Å². The summed E-state index contributed by atoms with van der Waals surface area (Å²) in [7, 11) is -3.82. The summed E-state index contributed by atoms with van der Waals surface area (Å²) in [5, 5.41) is 4.96. The van der Waals surface area contributed by atoms with Crippen molar-refractivity contribution in [1.29, 1.82) is 0 Å². The lowest BCUT2D eigenvalue weighted by atomic mass is 10.2. The molecule has 4 aromatic rings. The number of carbonyl (C=O) groups is 2. The Labute approximate surface area is 216 Å². The molecule has 0 atom stereocenters. The predicted octanol–water partition coefficient (Wildman–Crippen LogP) is 4.51. The average Bonchev–Trinajstić information content (AvgIpc) is 3.20. The lowest BCUT2D eigenvalue weighted by Crippen LogP contribution is -2.34. The highest BCUT2D eigenvalue weighted by molar-refractivity contribution is 7.89. The van der Waals surface area contributed by atoms with E-state index in [-0.39, 0.29) is 10.6 Å². The number of amides is 1. The maximum absolute atomic E-state index is 12.6. The maximum Gasteiger partial charge on any atom is 0.355 e. The lowest BCUT2D eigenvalue weighted by Gasteiger charge is -2.06. The molecular formula is C25H20ClN3O5S2. The van der Waals surface area contributed by atoms with Gasteiger partial charge in [-0.3, -0.25) is 4.79 Å². The van der Waals surface area contributed by atoms with E-state index in [1.807, 2.05) is 31.2 Å². The van der Waals surface area contributed by atoms with Crippen molar-refractivity contribution in [2.75, 3.05) is 6.54 Å². The van der Waals surface area contributed by atoms with E-state index >= 15 is 0 Å². The van der Waals surface area contributed by atoms with Crippen molar-refractivity contribution in [3.63, 3.8) is 0 Å². The molecule has 1 heterocycles. The summed E-state index contributed by atoms with van der Waals surface area (Å²) in [6, 6.07) is 20.2. The van der Waals surface area contributed by atoms with Crippen LogP contribution in [-0.2, 0) is 14.8 Å². The number of carbonyl (C=O) groups excluding carboxylic acids is 2. The van der Waals surface area contributed by atoms with Gasteiger partial charge < -0.3 is 4.74 Å². The van der Waals surface area contributed by atoms with Crippen molar-refractivity contribution < 1.29 is 22.7 Å². The molecule has 1 amide bonds. The Bertz CT molecular complexity index is 1560. The van der Waals surface area contributed by atoms with Gasteiger partial charge in [0.25, 0.3) is 5.91 Å². The molecule has 2 N–H and O–H groups in total. The molecule has 36 heavy (non-hydrogen) atoms. The number of benzene rings is 3. The number of ether oxygens (including phenoxy) is 1. The van der Waals surface area contributed by atoms with E-state index in [2.05, 4.69) is 15.2 Å². The van der Waals surface area contributed by atoms with Crippen molar-refractivity contribution in [3.05, 3.63) is 93.8 Å². The highest BCUT2D eigenvalue weighted by Gasteiger charge is 2.19. The van der Waals surface area contributed by atoms with Gasteiger partial charge in [-0.1, -0.05) is 59.6 Å². The van der Waals surface area contributed by atoms with Crippen LogP contribution < -0.4 is 14.9 Å². The van der Waals surface area contributed by atoms with E-state index in [0.29, 0.717) is 15.5 Å². The molecule has 3 aromatic carbocycles. The topological polar surface area (TPSA) is 114 Å². The van der Waals surface area contributed by atoms with Gasteiger partial charge in [-0.2, -0.15) is 5.10 Å². The van der Waals surface area contributed by atoms with Gasteiger partial charge in [-0.15, -0.1) is 11.3 Å². The van der Waals surface area contributed by atoms with Crippen LogP contribution in [0.1, 0.15) is 20.8 Å². The molecule has 0 unspecified atom stereocenters. The van der Waals surface area contributed by atoms with Crippen molar-refractivity contribution in [2.24, 2.45) is 5.10 Å².